The third-order valence-corrected chi connectivity index (χ3v) is 2.92. The highest BCUT2D eigenvalue weighted by molar-refractivity contribution is 5.26. The van der Waals surface area contributed by atoms with Crippen molar-refractivity contribution in [1.82, 2.24) is 0 Å². The molecule has 0 radical (unpaired) electrons. The van der Waals surface area contributed by atoms with Gasteiger partial charge in [-0.05, 0) is 30.9 Å². The van der Waals surface area contributed by atoms with Crippen LogP contribution in [0.5, 0.6) is 5.75 Å². The molecule has 94 valence electrons. The molecule has 1 saturated heterocycles. The summed E-state index contributed by atoms with van der Waals surface area (Å²) in [5.41, 5.74) is 0.969. The van der Waals surface area contributed by atoms with E-state index < -0.39 is 0 Å². The van der Waals surface area contributed by atoms with Gasteiger partial charge in [-0.15, -0.1) is 0 Å². The molecule has 2 rings (SSSR count). The molecule has 0 spiro atoms. The molecule has 2 unspecified atom stereocenters. The number of aromatic hydroxyl groups is 1. The Kier molecular flexibility index (Phi) is 4.02. The van der Waals surface area contributed by atoms with Crippen LogP contribution in [0.4, 0.5) is 0 Å². The molecule has 1 heterocycles. The van der Waals surface area contributed by atoms with Gasteiger partial charge in [-0.1, -0.05) is 26.0 Å². The minimum atomic E-state index is -0.284. The lowest BCUT2D eigenvalue weighted by atomic mass is 10.0. The van der Waals surface area contributed by atoms with Crippen molar-refractivity contribution in [3.8, 4) is 5.75 Å². The van der Waals surface area contributed by atoms with Gasteiger partial charge in [0, 0.05) is 5.56 Å². The van der Waals surface area contributed by atoms with Crippen molar-refractivity contribution < 1.29 is 14.6 Å². The Bertz CT molecular complexity index is 345. The molecular weight excluding hydrogens is 216 g/mol. The number of hydrogen-bond acceptors (Lipinski definition) is 3. The minimum Gasteiger partial charge on any atom is -0.508 e. The number of phenolic OH excluding ortho intramolecular Hbond substituents is 1. The van der Waals surface area contributed by atoms with Gasteiger partial charge in [-0.2, -0.15) is 0 Å². The van der Waals surface area contributed by atoms with Crippen LogP contribution in [-0.2, 0) is 9.47 Å². The lowest BCUT2D eigenvalue weighted by Gasteiger charge is -2.31. The summed E-state index contributed by atoms with van der Waals surface area (Å²) in [4.78, 5) is 0. The van der Waals surface area contributed by atoms with Gasteiger partial charge >= 0.3 is 0 Å². The maximum absolute atomic E-state index is 9.24. The average Bonchev–Trinajstić information content (AvgIpc) is 2.29. The Morgan fingerprint density at radius 3 is 2.65 bits per heavy atom. The fraction of sp³-hybridized carbons (Fsp3) is 0.571. The summed E-state index contributed by atoms with van der Waals surface area (Å²) in [6.45, 7) is 5.14. The number of phenols is 1. The number of benzene rings is 1. The molecule has 1 aromatic rings. The molecule has 1 N–H and O–H groups in total. The minimum absolute atomic E-state index is 0.267. The Morgan fingerprint density at radius 1 is 1.29 bits per heavy atom. The lowest BCUT2D eigenvalue weighted by Crippen LogP contribution is -2.28. The fourth-order valence-corrected chi connectivity index (χ4v) is 2.09. The highest BCUT2D eigenvalue weighted by atomic mass is 16.7. The molecule has 1 fully saturated rings. The SMILES string of the molecule is CC(C)CC1CCOC(c2ccc(O)cc2)O1. The van der Waals surface area contributed by atoms with E-state index in [9.17, 15) is 5.11 Å². The van der Waals surface area contributed by atoms with E-state index in [1.807, 2.05) is 12.1 Å². The van der Waals surface area contributed by atoms with Crippen molar-refractivity contribution in [3.05, 3.63) is 29.8 Å². The third kappa shape index (κ3) is 3.45. The maximum atomic E-state index is 9.24. The second-order valence-electron chi connectivity index (χ2n) is 4.97. The van der Waals surface area contributed by atoms with E-state index in [-0.39, 0.29) is 18.1 Å². The third-order valence-electron chi connectivity index (χ3n) is 2.92. The second kappa shape index (κ2) is 5.52. The number of rotatable bonds is 3. The molecule has 2 atom stereocenters. The predicted molar refractivity (Wildman–Crippen MR) is 65.7 cm³/mol. The first-order valence-corrected chi connectivity index (χ1v) is 6.21. The van der Waals surface area contributed by atoms with Crippen LogP contribution in [0, 0.1) is 5.92 Å². The molecule has 1 aliphatic heterocycles. The smallest absolute Gasteiger partial charge is 0.184 e. The van der Waals surface area contributed by atoms with E-state index in [1.54, 1.807) is 12.1 Å². The number of hydrogen-bond donors (Lipinski definition) is 1. The normalized spacial score (nSPS) is 25.1. The summed E-state index contributed by atoms with van der Waals surface area (Å²) in [6.07, 6.45) is 2.03. The first-order chi connectivity index (χ1) is 8.15. The Balaban J connectivity index is 1.99. The van der Waals surface area contributed by atoms with Crippen molar-refractivity contribution in [2.24, 2.45) is 5.92 Å². The van der Waals surface area contributed by atoms with E-state index in [4.69, 9.17) is 9.47 Å². The first kappa shape index (κ1) is 12.4. The molecular formula is C14H20O3. The van der Waals surface area contributed by atoms with Crippen LogP contribution in [0.2, 0.25) is 0 Å². The topological polar surface area (TPSA) is 38.7 Å². The van der Waals surface area contributed by atoms with Crippen molar-refractivity contribution in [3.63, 3.8) is 0 Å². The largest absolute Gasteiger partial charge is 0.508 e. The zero-order valence-electron chi connectivity index (χ0n) is 10.4. The van der Waals surface area contributed by atoms with Crippen LogP contribution in [0.15, 0.2) is 24.3 Å². The van der Waals surface area contributed by atoms with Crippen molar-refractivity contribution in [2.45, 2.75) is 39.1 Å². The van der Waals surface area contributed by atoms with Gasteiger partial charge in [-0.25, -0.2) is 0 Å². The molecule has 0 bridgehead atoms. The quantitative estimate of drug-likeness (QED) is 0.875. The van der Waals surface area contributed by atoms with Gasteiger partial charge in [0.05, 0.1) is 12.7 Å². The monoisotopic (exact) mass is 236 g/mol. The molecule has 3 nitrogen and oxygen atoms in total. The molecule has 0 aromatic heterocycles. The van der Waals surface area contributed by atoms with Crippen molar-refractivity contribution in [1.29, 1.82) is 0 Å². The van der Waals surface area contributed by atoms with E-state index in [2.05, 4.69) is 13.8 Å². The van der Waals surface area contributed by atoms with Crippen molar-refractivity contribution >= 4 is 0 Å². The van der Waals surface area contributed by atoms with Crippen LogP contribution in [0.25, 0.3) is 0 Å². The van der Waals surface area contributed by atoms with Gasteiger partial charge in [0.1, 0.15) is 5.75 Å². The second-order valence-corrected chi connectivity index (χ2v) is 4.97. The van der Waals surface area contributed by atoms with Crippen LogP contribution >= 0.6 is 0 Å². The summed E-state index contributed by atoms with van der Waals surface area (Å²) in [5.74, 6) is 0.904. The van der Waals surface area contributed by atoms with E-state index in [0.717, 1.165) is 25.0 Å². The highest BCUT2D eigenvalue weighted by Crippen LogP contribution is 2.29. The van der Waals surface area contributed by atoms with Gasteiger partial charge < -0.3 is 14.6 Å². The molecule has 1 aliphatic rings. The average molecular weight is 236 g/mol. The Labute approximate surface area is 102 Å². The van der Waals surface area contributed by atoms with Gasteiger partial charge in [0.15, 0.2) is 6.29 Å². The van der Waals surface area contributed by atoms with Crippen LogP contribution in [0.3, 0.4) is 0 Å². The zero-order valence-corrected chi connectivity index (χ0v) is 10.4. The zero-order chi connectivity index (χ0) is 12.3. The summed E-state index contributed by atoms with van der Waals surface area (Å²) >= 11 is 0. The first-order valence-electron chi connectivity index (χ1n) is 6.21. The van der Waals surface area contributed by atoms with Crippen LogP contribution in [-0.4, -0.2) is 17.8 Å². The Hall–Kier alpha value is -1.06. The van der Waals surface area contributed by atoms with E-state index in [1.165, 1.54) is 0 Å². The standard InChI is InChI=1S/C14H20O3/c1-10(2)9-13-7-8-16-14(17-13)11-3-5-12(15)6-4-11/h3-6,10,13-15H,7-9H2,1-2H3. The van der Waals surface area contributed by atoms with E-state index >= 15 is 0 Å². The Morgan fingerprint density at radius 2 is 2.00 bits per heavy atom. The summed E-state index contributed by atoms with van der Waals surface area (Å²) in [5, 5.41) is 9.24. The van der Waals surface area contributed by atoms with E-state index in [0.29, 0.717) is 5.92 Å². The fourth-order valence-electron chi connectivity index (χ4n) is 2.09. The highest BCUT2D eigenvalue weighted by Gasteiger charge is 2.24. The van der Waals surface area contributed by atoms with Crippen LogP contribution < -0.4 is 0 Å². The van der Waals surface area contributed by atoms with Gasteiger partial charge in [-0.3, -0.25) is 0 Å². The summed E-state index contributed by atoms with van der Waals surface area (Å²) in [7, 11) is 0. The molecule has 3 heteroatoms. The molecule has 0 aliphatic carbocycles. The number of ether oxygens (including phenoxy) is 2. The molecule has 0 saturated carbocycles. The van der Waals surface area contributed by atoms with Crippen molar-refractivity contribution in [2.75, 3.05) is 6.61 Å². The predicted octanol–water partition coefficient (Wildman–Crippen LogP) is 3.24. The maximum Gasteiger partial charge on any atom is 0.184 e. The lowest BCUT2D eigenvalue weighted by molar-refractivity contribution is -0.220. The van der Waals surface area contributed by atoms with Gasteiger partial charge in [0.2, 0.25) is 0 Å². The molecule has 0 amide bonds. The molecule has 17 heavy (non-hydrogen) atoms. The van der Waals surface area contributed by atoms with Crippen LogP contribution in [0.1, 0.15) is 38.5 Å². The summed E-state index contributed by atoms with van der Waals surface area (Å²) in [6, 6.07) is 7.01. The van der Waals surface area contributed by atoms with Gasteiger partial charge in [0.25, 0.3) is 0 Å². The molecule has 1 aromatic carbocycles. The summed E-state index contributed by atoms with van der Waals surface area (Å²) < 4.78 is 11.5.